The number of likely N-dealkylation sites (N-methyl/N-ethyl adjacent to an activating group) is 2. The van der Waals surface area contributed by atoms with Crippen LogP contribution in [0.4, 0.5) is 4.39 Å². The minimum Gasteiger partial charge on any atom is -0.467 e. The monoisotopic (exact) mass is 304 g/mol. The van der Waals surface area contributed by atoms with E-state index in [2.05, 4.69) is 0 Å². The highest BCUT2D eigenvalue weighted by Crippen LogP contribution is 2.19. The van der Waals surface area contributed by atoms with Gasteiger partial charge in [-0.3, -0.25) is 9.69 Å². The number of hydrogen-bond donors (Lipinski definition) is 0. The van der Waals surface area contributed by atoms with E-state index in [-0.39, 0.29) is 24.3 Å². The fourth-order valence-corrected chi connectivity index (χ4v) is 2.19. The summed E-state index contributed by atoms with van der Waals surface area (Å²) in [6.45, 7) is 2.73. The molecule has 1 amide bonds. The molecule has 1 aromatic heterocycles. The lowest BCUT2D eigenvalue weighted by Gasteiger charge is -2.26. The topological polar surface area (TPSA) is 36.7 Å². The third-order valence-electron chi connectivity index (χ3n) is 3.80. The number of amides is 1. The molecule has 0 fully saturated rings. The molecule has 0 saturated carbocycles. The van der Waals surface area contributed by atoms with Crippen LogP contribution < -0.4 is 0 Å². The molecule has 1 heterocycles. The van der Waals surface area contributed by atoms with Gasteiger partial charge >= 0.3 is 0 Å². The van der Waals surface area contributed by atoms with Crippen molar-refractivity contribution in [1.82, 2.24) is 9.80 Å². The van der Waals surface area contributed by atoms with Crippen LogP contribution in [-0.4, -0.2) is 36.3 Å². The van der Waals surface area contributed by atoms with Gasteiger partial charge in [0.05, 0.1) is 19.4 Å². The van der Waals surface area contributed by atoms with Crippen molar-refractivity contribution < 1.29 is 13.6 Å². The van der Waals surface area contributed by atoms with E-state index in [1.165, 1.54) is 12.1 Å². The lowest BCUT2D eigenvalue weighted by Crippen LogP contribution is -2.37. The molecule has 0 bridgehead atoms. The van der Waals surface area contributed by atoms with Crippen molar-refractivity contribution in [2.24, 2.45) is 0 Å². The number of nitrogens with zero attached hydrogens (tertiary/aromatic N) is 2. The predicted molar refractivity (Wildman–Crippen MR) is 82.6 cm³/mol. The number of rotatable bonds is 6. The lowest BCUT2D eigenvalue weighted by molar-refractivity contribution is -0.132. The summed E-state index contributed by atoms with van der Waals surface area (Å²) in [6, 6.07) is 10.0. The van der Waals surface area contributed by atoms with Crippen LogP contribution in [0.2, 0.25) is 0 Å². The average molecular weight is 304 g/mol. The number of halogens is 1. The van der Waals surface area contributed by atoms with E-state index in [0.717, 1.165) is 11.3 Å². The molecule has 118 valence electrons. The van der Waals surface area contributed by atoms with Gasteiger partial charge < -0.3 is 9.32 Å². The zero-order valence-electron chi connectivity index (χ0n) is 13.1. The van der Waals surface area contributed by atoms with Gasteiger partial charge in [0.2, 0.25) is 5.91 Å². The molecule has 0 radical (unpaired) electrons. The Bertz CT molecular complexity index is 596. The minimum atomic E-state index is -0.257. The van der Waals surface area contributed by atoms with E-state index in [1.807, 2.05) is 24.9 Å². The largest absolute Gasteiger partial charge is 0.467 e. The van der Waals surface area contributed by atoms with Crippen LogP contribution in [0.25, 0.3) is 0 Å². The molecule has 0 aliphatic rings. The standard InChI is InChI=1S/C17H21FN2O2/c1-13(14-6-8-15(18)9-7-14)19(2)12-17(21)20(3)11-16-5-4-10-22-16/h4-10,13H,11-12H2,1-3H3. The molecule has 0 spiro atoms. The zero-order chi connectivity index (χ0) is 16.1. The number of furan rings is 1. The van der Waals surface area contributed by atoms with Gasteiger partial charge in [0.1, 0.15) is 11.6 Å². The summed E-state index contributed by atoms with van der Waals surface area (Å²) in [7, 11) is 3.63. The lowest BCUT2D eigenvalue weighted by atomic mass is 10.1. The SMILES string of the molecule is CC(c1ccc(F)cc1)N(C)CC(=O)N(C)Cc1ccco1. The molecule has 1 aromatic carbocycles. The molecule has 0 aliphatic heterocycles. The quantitative estimate of drug-likeness (QED) is 0.823. The van der Waals surface area contributed by atoms with Crippen molar-refractivity contribution in [3.8, 4) is 0 Å². The molecule has 1 unspecified atom stereocenters. The number of benzene rings is 1. The van der Waals surface area contributed by atoms with Gasteiger partial charge in [-0.2, -0.15) is 0 Å². The summed E-state index contributed by atoms with van der Waals surface area (Å²) in [5.41, 5.74) is 0.977. The van der Waals surface area contributed by atoms with Gasteiger partial charge in [-0.25, -0.2) is 4.39 Å². The Kier molecular flexibility index (Phi) is 5.33. The van der Waals surface area contributed by atoms with Crippen LogP contribution in [0.15, 0.2) is 47.1 Å². The van der Waals surface area contributed by atoms with E-state index in [4.69, 9.17) is 4.42 Å². The Hall–Kier alpha value is -2.14. The molecule has 22 heavy (non-hydrogen) atoms. The normalized spacial score (nSPS) is 12.4. The molecular weight excluding hydrogens is 283 g/mol. The predicted octanol–water partition coefficient (Wildman–Crippen LogP) is 3.07. The van der Waals surface area contributed by atoms with Crippen LogP contribution in [-0.2, 0) is 11.3 Å². The summed E-state index contributed by atoms with van der Waals surface area (Å²) in [4.78, 5) is 15.8. The zero-order valence-corrected chi connectivity index (χ0v) is 13.1. The average Bonchev–Trinajstić information content (AvgIpc) is 3.00. The molecule has 4 nitrogen and oxygen atoms in total. The van der Waals surface area contributed by atoms with Gasteiger partial charge in [-0.15, -0.1) is 0 Å². The number of carbonyl (C=O) groups is 1. The minimum absolute atomic E-state index is 0.00728. The van der Waals surface area contributed by atoms with Crippen molar-refractivity contribution in [2.45, 2.75) is 19.5 Å². The van der Waals surface area contributed by atoms with Crippen molar-refractivity contribution in [3.05, 3.63) is 59.8 Å². The second kappa shape index (κ2) is 7.22. The van der Waals surface area contributed by atoms with Crippen LogP contribution in [0.5, 0.6) is 0 Å². The van der Waals surface area contributed by atoms with Crippen LogP contribution in [0.1, 0.15) is 24.3 Å². The van der Waals surface area contributed by atoms with E-state index < -0.39 is 0 Å². The fourth-order valence-electron chi connectivity index (χ4n) is 2.19. The third-order valence-corrected chi connectivity index (χ3v) is 3.80. The second-order valence-corrected chi connectivity index (χ2v) is 5.47. The Morgan fingerprint density at radius 1 is 1.23 bits per heavy atom. The molecule has 5 heteroatoms. The maximum atomic E-state index is 13.0. The van der Waals surface area contributed by atoms with E-state index in [0.29, 0.717) is 6.54 Å². The summed E-state index contributed by atoms with van der Waals surface area (Å²) in [5.74, 6) is 0.505. The summed E-state index contributed by atoms with van der Waals surface area (Å²) >= 11 is 0. The van der Waals surface area contributed by atoms with Crippen molar-refractivity contribution in [1.29, 1.82) is 0 Å². The Balaban J connectivity index is 1.91. The number of carbonyl (C=O) groups excluding carboxylic acids is 1. The molecule has 2 aromatic rings. The molecule has 0 aliphatic carbocycles. The highest BCUT2D eigenvalue weighted by molar-refractivity contribution is 5.77. The van der Waals surface area contributed by atoms with Gasteiger partial charge in [-0.05, 0) is 43.8 Å². The highest BCUT2D eigenvalue weighted by Gasteiger charge is 2.18. The first kappa shape index (κ1) is 16.2. The molecule has 0 saturated heterocycles. The molecule has 2 rings (SSSR count). The smallest absolute Gasteiger partial charge is 0.236 e. The first-order chi connectivity index (χ1) is 10.5. The highest BCUT2D eigenvalue weighted by atomic mass is 19.1. The third kappa shape index (κ3) is 4.18. The van der Waals surface area contributed by atoms with E-state index in [1.54, 1.807) is 36.4 Å². The van der Waals surface area contributed by atoms with Gasteiger partial charge in [0.25, 0.3) is 0 Å². The Morgan fingerprint density at radius 3 is 2.50 bits per heavy atom. The molecule has 1 atom stereocenters. The van der Waals surface area contributed by atoms with Crippen LogP contribution in [0, 0.1) is 5.82 Å². The molecular formula is C17H21FN2O2. The van der Waals surface area contributed by atoms with Crippen molar-refractivity contribution >= 4 is 5.91 Å². The first-order valence-corrected chi connectivity index (χ1v) is 7.19. The summed E-state index contributed by atoms with van der Waals surface area (Å²) in [6.07, 6.45) is 1.59. The Labute approximate surface area is 130 Å². The van der Waals surface area contributed by atoms with E-state index >= 15 is 0 Å². The Morgan fingerprint density at radius 2 is 1.91 bits per heavy atom. The second-order valence-electron chi connectivity index (χ2n) is 5.47. The maximum absolute atomic E-state index is 13.0. The number of hydrogen-bond acceptors (Lipinski definition) is 3. The van der Waals surface area contributed by atoms with Gasteiger partial charge in [0.15, 0.2) is 0 Å². The summed E-state index contributed by atoms with van der Waals surface area (Å²) in [5, 5.41) is 0. The first-order valence-electron chi connectivity index (χ1n) is 7.19. The van der Waals surface area contributed by atoms with Gasteiger partial charge in [-0.1, -0.05) is 12.1 Å². The fraction of sp³-hybridized carbons (Fsp3) is 0.353. The van der Waals surface area contributed by atoms with Crippen LogP contribution >= 0.6 is 0 Å². The van der Waals surface area contributed by atoms with Gasteiger partial charge in [0, 0.05) is 13.1 Å². The summed E-state index contributed by atoms with van der Waals surface area (Å²) < 4.78 is 18.2. The van der Waals surface area contributed by atoms with Crippen molar-refractivity contribution in [3.63, 3.8) is 0 Å². The maximum Gasteiger partial charge on any atom is 0.236 e. The van der Waals surface area contributed by atoms with E-state index in [9.17, 15) is 9.18 Å². The molecule has 0 N–H and O–H groups in total. The van der Waals surface area contributed by atoms with Crippen molar-refractivity contribution in [2.75, 3.05) is 20.6 Å². The van der Waals surface area contributed by atoms with Crippen LogP contribution in [0.3, 0.4) is 0 Å².